The number of nitro groups is 1. The number of rotatable bonds is 10. The summed E-state index contributed by atoms with van der Waals surface area (Å²) in [6.07, 6.45) is 0. The predicted molar refractivity (Wildman–Crippen MR) is 153 cm³/mol. The maximum Gasteiger partial charge on any atom is 0.269 e. The second-order valence-corrected chi connectivity index (χ2v) is 12.4. The van der Waals surface area contributed by atoms with Crippen molar-refractivity contribution in [3.8, 4) is 0 Å². The number of carbonyl (C=O) groups excluding carboxylic acids is 2. The molecule has 3 aromatic carbocycles. The summed E-state index contributed by atoms with van der Waals surface area (Å²) in [6.45, 7) is 6.24. The molecule has 0 saturated carbocycles. The molecular formula is C28H31ClN4O6S. The third-order valence-corrected chi connectivity index (χ3v) is 8.08. The zero-order valence-corrected chi connectivity index (χ0v) is 24.1. The van der Waals surface area contributed by atoms with E-state index in [0.717, 1.165) is 16.4 Å². The van der Waals surface area contributed by atoms with Gasteiger partial charge in [0.2, 0.25) is 11.8 Å². The summed E-state index contributed by atoms with van der Waals surface area (Å²) in [5, 5.41) is 14.4. The van der Waals surface area contributed by atoms with Crippen molar-refractivity contribution < 1.29 is 22.9 Å². The summed E-state index contributed by atoms with van der Waals surface area (Å²) in [5.41, 5.74) is -0.195. The number of non-ortho nitro benzene ring substituents is 1. The minimum atomic E-state index is -4.28. The van der Waals surface area contributed by atoms with E-state index in [4.69, 9.17) is 11.6 Å². The quantitative estimate of drug-likeness (QED) is 0.269. The van der Waals surface area contributed by atoms with Crippen molar-refractivity contribution in [2.24, 2.45) is 0 Å². The van der Waals surface area contributed by atoms with E-state index in [2.05, 4.69) is 5.32 Å². The Morgan fingerprint density at radius 1 is 0.975 bits per heavy atom. The number of amides is 2. The molecule has 0 aliphatic carbocycles. The van der Waals surface area contributed by atoms with E-state index in [1.807, 2.05) is 0 Å². The highest BCUT2D eigenvalue weighted by molar-refractivity contribution is 7.92. The predicted octanol–water partition coefficient (Wildman–Crippen LogP) is 4.78. The average molecular weight is 587 g/mol. The van der Waals surface area contributed by atoms with Gasteiger partial charge in [0.05, 0.1) is 15.5 Å². The van der Waals surface area contributed by atoms with Gasteiger partial charge in [0, 0.05) is 29.2 Å². The van der Waals surface area contributed by atoms with Crippen molar-refractivity contribution in [2.75, 3.05) is 10.8 Å². The van der Waals surface area contributed by atoms with Crippen LogP contribution in [0.2, 0.25) is 5.02 Å². The molecular weight excluding hydrogens is 556 g/mol. The fourth-order valence-electron chi connectivity index (χ4n) is 3.86. The van der Waals surface area contributed by atoms with Crippen LogP contribution in [0.25, 0.3) is 0 Å². The number of anilines is 1. The first-order valence-corrected chi connectivity index (χ1v) is 14.2. The van der Waals surface area contributed by atoms with Crippen molar-refractivity contribution in [3.63, 3.8) is 0 Å². The first-order chi connectivity index (χ1) is 18.7. The monoisotopic (exact) mass is 586 g/mol. The Kier molecular flexibility index (Phi) is 9.54. The van der Waals surface area contributed by atoms with Crippen LogP contribution in [0, 0.1) is 10.1 Å². The number of halogens is 1. The Balaban J connectivity index is 2.06. The van der Waals surface area contributed by atoms with Crippen LogP contribution in [0.5, 0.6) is 0 Å². The molecule has 0 aliphatic heterocycles. The Hall–Kier alpha value is -3.96. The van der Waals surface area contributed by atoms with Crippen molar-refractivity contribution in [3.05, 3.63) is 99.6 Å². The zero-order valence-electron chi connectivity index (χ0n) is 22.6. The number of hydrogen-bond acceptors (Lipinski definition) is 6. The Labute approximate surface area is 238 Å². The molecule has 2 amide bonds. The molecule has 1 N–H and O–H groups in total. The van der Waals surface area contributed by atoms with Gasteiger partial charge in [-0.3, -0.25) is 24.0 Å². The molecule has 0 saturated heterocycles. The van der Waals surface area contributed by atoms with Crippen molar-refractivity contribution >= 4 is 44.8 Å². The van der Waals surface area contributed by atoms with Crippen LogP contribution in [0.4, 0.5) is 11.4 Å². The van der Waals surface area contributed by atoms with Crippen LogP contribution in [-0.2, 0) is 26.2 Å². The first kappa shape index (κ1) is 30.6. The molecule has 0 aromatic heterocycles. The van der Waals surface area contributed by atoms with E-state index >= 15 is 0 Å². The lowest BCUT2D eigenvalue weighted by Crippen LogP contribution is -2.54. The Morgan fingerprint density at radius 2 is 1.55 bits per heavy atom. The topological polar surface area (TPSA) is 130 Å². The molecule has 0 heterocycles. The van der Waals surface area contributed by atoms with Gasteiger partial charge < -0.3 is 10.2 Å². The van der Waals surface area contributed by atoms with Crippen molar-refractivity contribution in [1.29, 1.82) is 0 Å². The largest absolute Gasteiger partial charge is 0.350 e. The summed E-state index contributed by atoms with van der Waals surface area (Å²) in [6, 6.07) is 18.2. The summed E-state index contributed by atoms with van der Waals surface area (Å²) in [7, 11) is -4.28. The summed E-state index contributed by atoms with van der Waals surface area (Å²) >= 11 is 6.36. The highest BCUT2D eigenvalue weighted by atomic mass is 35.5. The van der Waals surface area contributed by atoms with Crippen LogP contribution >= 0.6 is 11.6 Å². The van der Waals surface area contributed by atoms with Crippen LogP contribution in [0.1, 0.15) is 33.3 Å². The maximum atomic E-state index is 13.9. The number of carbonyl (C=O) groups is 2. The lowest BCUT2D eigenvalue weighted by molar-refractivity contribution is -0.384. The second-order valence-electron chi connectivity index (χ2n) is 10.1. The highest BCUT2D eigenvalue weighted by Crippen LogP contribution is 2.27. The number of nitrogens with zero attached hydrogens (tertiary/aromatic N) is 3. The standard InChI is InChI=1S/C28H31ClN4O6S/c1-20(27(35)30-28(2,3)4)31(18-21-10-8-9-13-25(21)29)26(34)19-32(22-14-16-23(17-15-22)33(36)37)40(38,39)24-11-6-5-7-12-24/h5-17,20H,18-19H2,1-4H3,(H,30,35)/t20-/m0/s1. The third kappa shape index (κ3) is 7.57. The highest BCUT2D eigenvalue weighted by Gasteiger charge is 2.33. The third-order valence-electron chi connectivity index (χ3n) is 5.92. The van der Waals surface area contributed by atoms with Gasteiger partial charge in [0.25, 0.3) is 15.7 Å². The molecule has 0 spiro atoms. The fourth-order valence-corrected chi connectivity index (χ4v) is 5.49. The van der Waals surface area contributed by atoms with Gasteiger partial charge in [-0.05, 0) is 63.6 Å². The van der Waals surface area contributed by atoms with Gasteiger partial charge in [-0.2, -0.15) is 0 Å². The van der Waals surface area contributed by atoms with E-state index in [0.29, 0.717) is 10.6 Å². The number of hydrogen-bond donors (Lipinski definition) is 1. The van der Waals surface area contributed by atoms with Crippen LogP contribution in [-0.4, -0.2) is 48.2 Å². The number of benzene rings is 3. The molecule has 0 radical (unpaired) electrons. The molecule has 0 fully saturated rings. The van der Waals surface area contributed by atoms with E-state index in [-0.39, 0.29) is 22.8 Å². The molecule has 10 nitrogen and oxygen atoms in total. The SMILES string of the molecule is C[C@@H](C(=O)NC(C)(C)C)N(Cc1ccccc1Cl)C(=O)CN(c1ccc([N+](=O)[O-])cc1)S(=O)(=O)c1ccccc1. The van der Waals surface area contributed by atoms with E-state index in [1.165, 1.54) is 29.2 Å². The molecule has 1 atom stereocenters. The van der Waals surface area contributed by atoms with Crippen LogP contribution < -0.4 is 9.62 Å². The second kappa shape index (κ2) is 12.5. The van der Waals surface area contributed by atoms with E-state index in [9.17, 15) is 28.1 Å². The van der Waals surface area contributed by atoms with E-state index in [1.54, 1.807) is 70.2 Å². The van der Waals surface area contributed by atoms with Crippen molar-refractivity contribution in [1.82, 2.24) is 10.2 Å². The van der Waals surface area contributed by atoms with Gasteiger partial charge in [0.15, 0.2) is 0 Å². The smallest absolute Gasteiger partial charge is 0.269 e. The minimum Gasteiger partial charge on any atom is -0.350 e. The maximum absolute atomic E-state index is 13.9. The molecule has 0 unspecified atom stereocenters. The number of nitro benzene ring substituents is 1. The summed E-state index contributed by atoms with van der Waals surface area (Å²) in [4.78, 5) is 38.8. The Bertz CT molecular complexity index is 1470. The lowest BCUT2D eigenvalue weighted by Gasteiger charge is -2.33. The van der Waals surface area contributed by atoms with E-state index < -0.39 is 44.9 Å². The first-order valence-electron chi connectivity index (χ1n) is 12.4. The number of nitrogens with one attached hydrogen (secondary N) is 1. The zero-order chi connectivity index (χ0) is 29.7. The van der Waals surface area contributed by atoms with Gasteiger partial charge in [-0.1, -0.05) is 48.0 Å². The summed E-state index contributed by atoms with van der Waals surface area (Å²) < 4.78 is 28.3. The van der Waals surface area contributed by atoms with Gasteiger partial charge in [-0.25, -0.2) is 8.42 Å². The van der Waals surface area contributed by atoms with Gasteiger partial charge >= 0.3 is 0 Å². The molecule has 3 rings (SSSR count). The van der Waals surface area contributed by atoms with Gasteiger partial charge in [0.1, 0.15) is 12.6 Å². The normalized spacial score (nSPS) is 12.3. The summed E-state index contributed by atoms with van der Waals surface area (Å²) in [5.74, 6) is -1.10. The van der Waals surface area contributed by atoms with Crippen LogP contribution in [0.15, 0.2) is 83.8 Å². The Morgan fingerprint density at radius 3 is 2.10 bits per heavy atom. The van der Waals surface area contributed by atoms with Crippen LogP contribution in [0.3, 0.4) is 0 Å². The van der Waals surface area contributed by atoms with Crippen molar-refractivity contribution in [2.45, 2.75) is 50.7 Å². The fraction of sp³-hybridized carbons (Fsp3) is 0.286. The number of sulfonamides is 1. The average Bonchev–Trinajstić information content (AvgIpc) is 2.90. The molecule has 3 aromatic rings. The minimum absolute atomic E-state index is 0.0484. The molecule has 0 bridgehead atoms. The molecule has 212 valence electrons. The molecule has 40 heavy (non-hydrogen) atoms. The lowest BCUT2D eigenvalue weighted by atomic mass is 10.1. The van der Waals surface area contributed by atoms with Gasteiger partial charge in [-0.15, -0.1) is 0 Å². The molecule has 0 aliphatic rings. The molecule has 12 heteroatoms.